The van der Waals surface area contributed by atoms with Gasteiger partial charge in [-0.3, -0.25) is 0 Å². The second-order valence-electron chi connectivity index (χ2n) is 11.0. The molecular formula is C36H51N3O3. The van der Waals surface area contributed by atoms with Crippen LogP contribution in [-0.4, -0.2) is 49.1 Å². The molecule has 0 fully saturated rings. The fourth-order valence-corrected chi connectivity index (χ4v) is 4.84. The first-order chi connectivity index (χ1) is 20.6. The molecule has 6 nitrogen and oxygen atoms in total. The molecule has 3 rings (SSSR count). The van der Waals surface area contributed by atoms with Crippen LogP contribution in [0.2, 0.25) is 0 Å². The lowest BCUT2D eigenvalue weighted by molar-refractivity contribution is 0.188. The fourth-order valence-electron chi connectivity index (χ4n) is 4.84. The van der Waals surface area contributed by atoms with Gasteiger partial charge in [0.25, 0.3) is 0 Å². The number of ether oxygens (including phenoxy) is 2. The minimum absolute atomic E-state index is 0.0920. The highest BCUT2D eigenvalue weighted by atomic mass is 16.5. The van der Waals surface area contributed by atoms with Gasteiger partial charge >= 0.3 is 6.03 Å². The largest absolute Gasteiger partial charge is 0.493 e. The van der Waals surface area contributed by atoms with E-state index in [2.05, 4.69) is 43.1 Å². The van der Waals surface area contributed by atoms with E-state index >= 15 is 0 Å². The number of nitrogens with zero attached hydrogens (tertiary/aromatic N) is 2. The number of anilines is 1. The third kappa shape index (κ3) is 11.4. The highest BCUT2D eigenvalue weighted by Gasteiger charge is 2.18. The van der Waals surface area contributed by atoms with Crippen LogP contribution in [0, 0.1) is 0 Å². The van der Waals surface area contributed by atoms with Gasteiger partial charge in [0.1, 0.15) is 6.61 Å². The highest BCUT2D eigenvalue weighted by molar-refractivity contribution is 5.89. The van der Waals surface area contributed by atoms with Gasteiger partial charge in [-0.15, -0.1) is 0 Å². The molecule has 0 aliphatic carbocycles. The SMILES string of the molecule is CCCCc1ccc(NC(=O)N(CCN(CCCC)CCCC)Cc2ccc(OCc3ccccc3)c(OC)c2)cc1. The third-order valence-corrected chi connectivity index (χ3v) is 7.49. The summed E-state index contributed by atoms with van der Waals surface area (Å²) in [7, 11) is 1.66. The van der Waals surface area contributed by atoms with Crippen molar-refractivity contribution in [2.75, 3.05) is 38.6 Å². The number of unbranched alkanes of at least 4 members (excludes halogenated alkanes) is 3. The Balaban J connectivity index is 1.73. The number of rotatable bonds is 19. The van der Waals surface area contributed by atoms with Crippen molar-refractivity contribution in [2.45, 2.75) is 78.9 Å². The Labute approximate surface area is 254 Å². The van der Waals surface area contributed by atoms with Gasteiger partial charge in [-0.2, -0.15) is 0 Å². The number of hydrogen-bond acceptors (Lipinski definition) is 4. The Kier molecular flexibility index (Phi) is 14.8. The topological polar surface area (TPSA) is 54.0 Å². The van der Waals surface area contributed by atoms with Crippen molar-refractivity contribution < 1.29 is 14.3 Å². The average molecular weight is 574 g/mol. The summed E-state index contributed by atoms with van der Waals surface area (Å²) in [5.41, 5.74) is 4.22. The Morgan fingerprint density at radius 2 is 1.38 bits per heavy atom. The van der Waals surface area contributed by atoms with Crippen molar-refractivity contribution in [1.29, 1.82) is 0 Å². The maximum Gasteiger partial charge on any atom is 0.322 e. The predicted octanol–water partition coefficient (Wildman–Crippen LogP) is 8.55. The molecule has 42 heavy (non-hydrogen) atoms. The molecule has 0 radical (unpaired) electrons. The summed E-state index contributed by atoms with van der Waals surface area (Å²) in [6.07, 6.45) is 8.08. The van der Waals surface area contributed by atoms with Crippen molar-refractivity contribution in [3.63, 3.8) is 0 Å². The number of amides is 2. The van der Waals surface area contributed by atoms with Gasteiger partial charge in [0.15, 0.2) is 11.5 Å². The van der Waals surface area contributed by atoms with Gasteiger partial charge in [0.05, 0.1) is 7.11 Å². The van der Waals surface area contributed by atoms with Crippen molar-refractivity contribution in [1.82, 2.24) is 9.80 Å². The normalized spacial score (nSPS) is 11.0. The number of aryl methyl sites for hydroxylation is 1. The van der Waals surface area contributed by atoms with E-state index in [0.29, 0.717) is 31.2 Å². The van der Waals surface area contributed by atoms with Crippen LogP contribution in [0.4, 0.5) is 10.5 Å². The molecule has 6 heteroatoms. The van der Waals surface area contributed by atoms with E-state index < -0.39 is 0 Å². The van der Waals surface area contributed by atoms with Crippen molar-refractivity contribution in [3.05, 3.63) is 89.5 Å². The summed E-state index contributed by atoms with van der Waals surface area (Å²) in [6.45, 7) is 11.2. The summed E-state index contributed by atoms with van der Waals surface area (Å²) in [6, 6.07) is 24.2. The Hall–Kier alpha value is -3.51. The monoisotopic (exact) mass is 573 g/mol. The van der Waals surface area contributed by atoms with E-state index in [1.807, 2.05) is 65.6 Å². The smallest absolute Gasteiger partial charge is 0.322 e. The average Bonchev–Trinajstić information content (AvgIpc) is 3.03. The lowest BCUT2D eigenvalue weighted by Crippen LogP contribution is -2.41. The molecule has 0 unspecified atom stereocenters. The van der Waals surface area contributed by atoms with Crippen LogP contribution in [0.15, 0.2) is 72.8 Å². The zero-order valence-electron chi connectivity index (χ0n) is 26.2. The molecule has 0 aliphatic heterocycles. The Morgan fingerprint density at radius 3 is 2.02 bits per heavy atom. The van der Waals surface area contributed by atoms with E-state index in [1.54, 1.807) is 7.11 Å². The minimum Gasteiger partial charge on any atom is -0.493 e. The van der Waals surface area contributed by atoms with Crippen molar-refractivity contribution in [2.24, 2.45) is 0 Å². The lowest BCUT2D eigenvalue weighted by Gasteiger charge is -2.28. The second-order valence-corrected chi connectivity index (χ2v) is 11.0. The molecule has 0 atom stereocenters. The van der Waals surface area contributed by atoms with Crippen LogP contribution in [0.5, 0.6) is 11.5 Å². The summed E-state index contributed by atoms with van der Waals surface area (Å²) < 4.78 is 11.7. The predicted molar refractivity (Wildman–Crippen MR) is 175 cm³/mol. The number of urea groups is 1. The first-order valence-electron chi connectivity index (χ1n) is 15.8. The molecule has 0 bridgehead atoms. The standard InChI is InChI=1S/C36H51N3O3/c1-5-8-14-30-17-20-33(21-18-30)37-36(40)39(26-25-38(23-9-6-2)24-10-7-3)28-32-19-22-34(35(27-32)41-4)42-29-31-15-12-11-13-16-31/h11-13,15-22,27H,5-10,14,23-26,28-29H2,1-4H3,(H,37,40). The number of carbonyl (C=O) groups is 1. The zero-order chi connectivity index (χ0) is 30.0. The molecule has 0 saturated heterocycles. The van der Waals surface area contributed by atoms with Gasteiger partial charge in [-0.1, -0.05) is 88.6 Å². The molecule has 0 aliphatic rings. The number of hydrogen-bond donors (Lipinski definition) is 1. The van der Waals surface area contributed by atoms with Crippen LogP contribution in [0.3, 0.4) is 0 Å². The molecule has 2 amide bonds. The molecule has 3 aromatic rings. The molecule has 228 valence electrons. The molecule has 3 aromatic carbocycles. The first kappa shape index (κ1) is 33.0. The third-order valence-electron chi connectivity index (χ3n) is 7.49. The van der Waals surface area contributed by atoms with Gasteiger partial charge < -0.3 is 24.6 Å². The van der Waals surface area contributed by atoms with Crippen LogP contribution >= 0.6 is 0 Å². The molecule has 0 saturated carbocycles. The minimum atomic E-state index is -0.0920. The van der Waals surface area contributed by atoms with E-state index in [-0.39, 0.29) is 6.03 Å². The van der Waals surface area contributed by atoms with E-state index in [1.165, 1.54) is 44.1 Å². The quantitative estimate of drug-likeness (QED) is 0.156. The van der Waals surface area contributed by atoms with Gasteiger partial charge in [-0.05, 0) is 79.7 Å². The molecule has 0 spiro atoms. The van der Waals surface area contributed by atoms with Crippen molar-refractivity contribution in [3.8, 4) is 11.5 Å². The summed E-state index contributed by atoms with van der Waals surface area (Å²) in [4.78, 5) is 18.0. The van der Waals surface area contributed by atoms with Gasteiger partial charge in [0, 0.05) is 25.3 Å². The molecule has 1 N–H and O–H groups in total. The van der Waals surface area contributed by atoms with E-state index in [4.69, 9.17) is 9.47 Å². The maximum atomic E-state index is 13.6. The summed E-state index contributed by atoms with van der Waals surface area (Å²) >= 11 is 0. The Morgan fingerprint density at radius 1 is 0.714 bits per heavy atom. The molecular weight excluding hydrogens is 522 g/mol. The van der Waals surface area contributed by atoms with E-state index in [9.17, 15) is 4.79 Å². The number of benzene rings is 3. The van der Waals surface area contributed by atoms with Gasteiger partial charge in [-0.25, -0.2) is 4.79 Å². The lowest BCUT2D eigenvalue weighted by atomic mass is 10.1. The first-order valence-corrected chi connectivity index (χ1v) is 15.8. The number of methoxy groups -OCH3 is 1. The van der Waals surface area contributed by atoms with Crippen LogP contribution in [0.25, 0.3) is 0 Å². The maximum absolute atomic E-state index is 13.6. The van der Waals surface area contributed by atoms with Crippen LogP contribution < -0.4 is 14.8 Å². The highest BCUT2D eigenvalue weighted by Crippen LogP contribution is 2.29. The zero-order valence-corrected chi connectivity index (χ0v) is 26.2. The van der Waals surface area contributed by atoms with Gasteiger partial charge in [0.2, 0.25) is 0 Å². The summed E-state index contributed by atoms with van der Waals surface area (Å²) in [5.74, 6) is 1.36. The van der Waals surface area contributed by atoms with Crippen molar-refractivity contribution >= 4 is 11.7 Å². The molecule has 0 aromatic heterocycles. The Bertz CT molecular complexity index is 1160. The van der Waals surface area contributed by atoms with Crippen LogP contribution in [0.1, 0.15) is 76.0 Å². The van der Waals surface area contributed by atoms with Crippen LogP contribution in [-0.2, 0) is 19.6 Å². The summed E-state index contributed by atoms with van der Waals surface area (Å²) in [5, 5.41) is 3.15. The second kappa shape index (κ2) is 18.8. The fraction of sp³-hybridized carbons (Fsp3) is 0.472. The van der Waals surface area contributed by atoms with E-state index in [0.717, 1.165) is 42.9 Å². The number of nitrogens with one attached hydrogen (secondary N) is 1. The number of carbonyl (C=O) groups excluding carboxylic acids is 1. The molecule has 0 heterocycles.